The van der Waals surface area contributed by atoms with Crippen molar-refractivity contribution >= 4 is 0 Å². The van der Waals surface area contributed by atoms with Crippen LogP contribution in [0.15, 0.2) is 12.1 Å². The van der Waals surface area contributed by atoms with Crippen LogP contribution in [0.25, 0.3) is 0 Å². The van der Waals surface area contributed by atoms with Crippen molar-refractivity contribution in [3.05, 3.63) is 34.4 Å². The molecule has 0 fully saturated rings. The van der Waals surface area contributed by atoms with Crippen LogP contribution in [0.5, 0.6) is 0 Å². The highest BCUT2D eigenvalue weighted by molar-refractivity contribution is 5.47. The lowest BCUT2D eigenvalue weighted by Gasteiger charge is -2.17. The van der Waals surface area contributed by atoms with Crippen molar-refractivity contribution in [2.45, 2.75) is 52.9 Å². The lowest BCUT2D eigenvalue weighted by atomic mass is 9.87. The zero-order valence-electron chi connectivity index (χ0n) is 12.3. The lowest BCUT2D eigenvalue weighted by Crippen LogP contribution is -2.04. The van der Waals surface area contributed by atoms with Gasteiger partial charge in [0.25, 0.3) is 0 Å². The molecule has 19 heavy (non-hydrogen) atoms. The molecule has 0 aromatic heterocycles. The van der Waals surface area contributed by atoms with Gasteiger partial charge in [-0.2, -0.15) is 10.5 Å². The summed E-state index contributed by atoms with van der Waals surface area (Å²) in [7, 11) is 0. The van der Waals surface area contributed by atoms with E-state index in [-0.39, 0.29) is 0 Å². The molecule has 1 aromatic rings. The maximum Gasteiger partial charge on any atom is 0.0994 e. The Morgan fingerprint density at radius 3 is 2.26 bits per heavy atom. The van der Waals surface area contributed by atoms with Crippen molar-refractivity contribution in [1.82, 2.24) is 0 Å². The van der Waals surface area contributed by atoms with Crippen molar-refractivity contribution in [1.29, 1.82) is 10.5 Å². The zero-order chi connectivity index (χ0) is 14.4. The molecule has 0 spiro atoms. The molecule has 0 radical (unpaired) electrons. The van der Waals surface area contributed by atoms with Crippen LogP contribution in [0.3, 0.4) is 0 Å². The first-order valence-corrected chi connectivity index (χ1v) is 6.96. The molecule has 1 atom stereocenters. The molecule has 0 heterocycles. The first kappa shape index (κ1) is 15.3. The van der Waals surface area contributed by atoms with Gasteiger partial charge in [0.15, 0.2) is 0 Å². The Labute approximate surface area is 116 Å². The number of hydrogen-bond acceptors (Lipinski definition) is 2. The predicted molar refractivity (Wildman–Crippen MR) is 77.7 cm³/mol. The summed E-state index contributed by atoms with van der Waals surface area (Å²) in [6.07, 6.45) is 2.34. The van der Waals surface area contributed by atoms with Gasteiger partial charge < -0.3 is 0 Å². The molecule has 1 unspecified atom stereocenters. The summed E-state index contributed by atoms with van der Waals surface area (Å²) >= 11 is 0. The average Bonchev–Trinajstić information content (AvgIpc) is 2.38. The van der Waals surface area contributed by atoms with Crippen LogP contribution >= 0.6 is 0 Å². The van der Waals surface area contributed by atoms with Crippen LogP contribution in [0.2, 0.25) is 0 Å². The van der Waals surface area contributed by atoms with Gasteiger partial charge in [-0.1, -0.05) is 33.8 Å². The third kappa shape index (κ3) is 3.83. The second kappa shape index (κ2) is 6.95. The molecule has 2 nitrogen and oxygen atoms in total. The minimum Gasteiger partial charge on any atom is -0.198 e. The number of rotatable bonds is 5. The topological polar surface area (TPSA) is 47.6 Å². The molecule has 0 aliphatic carbocycles. The van der Waals surface area contributed by atoms with Gasteiger partial charge in [0, 0.05) is 0 Å². The normalized spacial score (nSPS) is 11.9. The maximum absolute atomic E-state index is 9.32. The van der Waals surface area contributed by atoms with E-state index in [0.29, 0.717) is 18.3 Å². The third-order valence-electron chi connectivity index (χ3n) is 3.53. The van der Waals surface area contributed by atoms with E-state index >= 15 is 0 Å². The quantitative estimate of drug-likeness (QED) is 0.784. The fraction of sp³-hybridized carbons (Fsp3) is 0.529. The molecule has 0 bridgehead atoms. The Balaban J connectivity index is 3.34. The van der Waals surface area contributed by atoms with Crippen LogP contribution in [0.1, 0.15) is 62.3 Å². The highest BCUT2D eigenvalue weighted by atomic mass is 14.3. The molecule has 0 aliphatic rings. The van der Waals surface area contributed by atoms with Gasteiger partial charge in [0.2, 0.25) is 0 Å². The molecular weight excluding hydrogens is 232 g/mol. The second-order valence-corrected chi connectivity index (χ2v) is 5.56. The van der Waals surface area contributed by atoms with E-state index in [1.165, 1.54) is 0 Å². The van der Waals surface area contributed by atoms with Gasteiger partial charge in [0.1, 0.15) is 0 Å². The second-order valence-electron chi connectivity index (χ2n) is 5.56. The van der Waals surface area contributed by atoms with E-state index in [4.69, 9.17) is 5.26 Å². The minimum atomic E-state index is 0.392. The summed E-state index contributed by atoms with van der Waals surface area (Å²) in [6.45, 7) is 8.58. The number of hydrogen-bond donors (Lipinski definition) is 0. The summed E-state index contributed by atoms with van der Waals surface area (Å²) in [5.41, 5.74) is 4.10. The molecule has 2 heteroatoms. The van der Waals surface area contributed by atoms with Crippen LogP contribution in [0, 0.1) is 28.6 Å². The van der Waals surface area contributed by atoms with Gasteiger partial charge in [-0.15, -0.1) is 0 Å². The van der Waals surface area contributed by atoms with Crippen molar-refractivity contribution < 1.29 is 0 Å². The van der Waals surface area contributed by atoms with Crippen LogP contribution in [-0.2, 0) is 12.8 Å². The van der Waals surface area contributed by atoms with Crippen LogP contribution in [-0.4, -0.2) is 0 Å². The Hall–Kier alpha value is -1.80. The smallest absolute Gasteiger partial charge is 0.0994 e. The fourth-order valence-corrected chi connectivity index (χ4v) is 2.34. The van der Waals surface area contributed by atoms with Crippen molar-refractivity contribution in [3.63, 3.8) is 0 Å². The zero-order valence-corrected chi connectivity index (χ0v) is 12.3. The van der Waals surface area contributed by atoms with E-state index < -0.39 is 0 Å². The minimum absolute atomic E-state index is 0.392. The first-order valence-electron chi connectivity index (χ1n) is 6.96. The molecule has 1 rings (SSSR count). The largest absolute Gasteiger partial charge is 0.198 e. The standard InChI is InChI=1S/C17H22N2/c1-5-13(4)17-10-16(11-19)15(8-12(2)3)9-14(17)6-7-18/h9-10,12-13H,5-6,8H2,1-4H3. The maximum atomic E-state index is 9.32. The van der Waals surface area contributed by atoms with Gasteiger partial charge in [-0.3, -0.25) is 0 Å². The number of nitrogens with zero attached hydrogens (tertiary/aromatic N) is 2. The van der Waals surface area contributed by atoms with Gasteiger partial charge >= 0.3 is 0 Å². The highest BCUT2D eigenvalue weighted by Crippen LogP contribution is 2.27. The summed E-state index contributed by atoms with van der Waals surface area (Å²) in [5.74, 6) is 0.903. The monoisotopic (exact) mass is 254 g/mol. The van der Waals surface area contributed by atoms with E-state index in [2.05, 4.69) is 45.9 Å². The van der Waals surface area contributed by atoms with Crippen molar-refractivity contribution in [3.8, 4) is 12.1 Å². The van der Waals surface area contributed by atoms with Gasteiger partial charge in [-0.05, 0) is 47.4 Å². The van der Waals surface area contributed by atoms with Gasteiger partial charge in [0.05, 0.1) is 24.1 Å². The van der Waals surface area contributed by atoms with E-state index in [0.717, 1.165) is 35.1 Å². The van der Waals surface area contributed by atoms with E-state index in [9.17, 15) is 5.26 Å². The van der Waals surface area contributed by atoms with E-state index in [1.807, 2.05) is 6.07 Å². The fourth-order valence-electron chi connectivity index (χ4n) is 2.34. The van der Waals surface area contributed by atoms with Crippen molar-refractivity contribution in [2.24, 2.45) is 5.92 Å². The Kier molecular flexibility index (Phi) is 5.58. The molecule has 0 amide bonds. The average molecular weight is 254 g/mol. The summed E-state index contributed by atoms with van der Waals surface area (Å²) < 4.78 is 0. The Bertz CT molecular complexity index is 515. The lowest BCUT2D eigenvalue weighted by molar-refractivity contribution is 0.644. The molecule has 1 aromatic carbocycles. The molecule has 0 N–H and O–H groups in total. The predicted octanol–water partition coefficient (Wildman–Crippen LogP) is 4.34. The molecule has 0 aliphatic heterocycles. The SMILES string of the molecule is CCC(C)c1cc(C#N)c(CC(C)C)cc1CC#N. The molecule has 0 saturated carbocycles. The van der Waals surface area contributed by atoms with E-state index in [1.54, 1.807) is 0 Å². The Morgan fingerprint density at radius 2 is 1.79 bits per heavy atom. The molecule has 100 valence electrons. The van der Waals surface area contributed by atoms with Crippen LogP contribution < -0.4 is 0 Å². The highest BCUT2D eigenvalue weighted by Gasteiger charge is 2.14. The first-order chi connectivity index (χ1) is 9.03. The summed E-state index contributed by atoms with van der Waals surface area (Å²) in [4.78, 5) is 0. The van der Waals surface area contributed by atoms with Crippen LogP contribution in [0.4, 0.5) is 0 Å². The summed E-state index contributed by atoms with van der Waals surface area (Å²) in [5, 5.41) is 18.3. The Morgan fingerprint density at radius 1 is 1.11 bits per heavy atom. The molecular formula is C17H22N2. The number of benzene rings is 1. The molecule has 0 saturated heterocycles. The number of nitriles is 2. The third-order valence-corrected chi connectivity index (χ3v) is 3.53. The van der Waals surface area contributed by atoms with Crippen molar-refractivity contribution in [2.75, 3.05) is 0 Å². The van der Waals surface area contributed by atoms with Gasteiger partial charge in [-0.25, -0.2) is 0 Å². The summed E-state index contributed by atoms with van der Waals surface area (Å²) in [6, 6.07) is 8.62.